The highest BCUT2D eigenvalue weighted by Crippen LogP contribution is 2.04. The lowest BCUT2D eigenvalue weighted by Gasteiger charge is -2.01. The van der Waals surface area contributed by atoms with E-state index < -0.39 is 0 Å². The van der Waals surface area contributed by atoms with Crippen LogP contribution in [-0.2, 0) is 19.5 Å². The van der Waals surface area contributed by atoms with Gasteiger partial charge in [0.2, 0.25) is 0 Å². The maximum atomic E-state index is 4.11. The van der Waals surface area contributed by atoms with Crippen LogP contribution in [0.5, 0.6) is 0 Å². The topological polar surface area (TPSA) is 74.3 Å². The van der Waals surface area contributed by atoms with Gasteiger partial charge in [-0.05, 0) is 28.8 Å². The fraction of sp³-hybridized carbons (Fsp3) is 0.308. The molecule has 3 rings (SSSR count). The Labute approximate surface area is 116 Å². The van der Waals surface area contributed by atoms with Gasteiger partial charge in [0.25, 0.3) is 0 Å². The van der Waals surface area contributed by atoms with Gasteiger partial charge in [-0.1, -0.05) is 35.5 Å². The van der Waals surface area contributed by atoms with Crippen molar-refractivity contribution in [1.82, 2.24) is 35.2 Å². The van der Waals surface area contributed by atoms with Crippen molar-refractivity contribution in [2.24, 2.45) is 0 Å². The van der Waals surface area contributed by atoms with E-state index in [1.54, 1.807) is 11.0 Å². The van der Waals surface area contributed by atoms with Gasteiger partial charge in [0.15, 0.2) is 0 Å². The van der Waals surface area contributed by atoms with Crippen LogP contribution < -0.4 is 0 Å². The van der Waals surface area contributed by atoms with E-state index in [9.17, 15) is 0 Å². The third-order valence-corrected chi connectivity index (χ3v) is 3.00. The summed E-state index contributed by atoms with van der Waals surface area (Å²) < 4.78 is 3.49. The highest BCUT2D eigenvalue weighted by molar-refractivity contribution is 5.14. The van der Waals surface area contributed by atoms with E-state index in [1.165, 1.54) is 5.56 Å². The molecule has 7 heteroatoms. The molecule has 20 heavy (non-hydrogen) atoms. The normalized spacial score (nSPS) is 10.8. The van der Waals surface area contributed by atoms with Gasteiger partial charge in [0.1, 0.15) is 12.0 Å². The number of benzene rings is 1. The van der Waals surface area contributed by atoms with Crippen molar-refractivity contribution in [2.75, 3.05) is 0 Å². The summed E-state index contributed by atoms with van der Waals surface area (Å²) in [7, 11) is 0. The molecule has 0 aliphatic heterocycles. The number of tetrazole rings is 1. The van der Waals surface area contributed by atoms with Gasteiger partial charge in [0, 0.05) is 6.54 Å². The molecule has 0 saturated carbocycles. The highest BCUT2D eigenvalue weighted by Gasteiger charge is 2.02. The first kappa shape index (κ1) is 12.5. The molecule has 0 N–H and O–H groups in total. The van der Waals surface area contributed by atoms with Gasteiger partial charge < -0.3 is 0 Å². The zero-order valence-electron chi connectivity index (χ0n) is 11.0. The summed E-state index contributed by atoms with van der Waals surface area (Å²) in [6.07, 6.45) is 5.59. The van der Waals surface area contributed by atoms with E-state index in [1.807, 2.05) is 16.9 Å². The lowest BCUT2D eigenvalue weighted by molar-refractivity contribution is 0.558. The molecule has 3 aromatic rings. The quantitative estimate of drug-likeness (QED) is 0.666. The van der Waals surface area contributed by atoms with Gasteiger partial charge in [-0.3, -0.25) is 4.68 Å². The van der Waals surface area contributed by atoms with Crippen LogP contribution in [0, 0.1) is 0 Å². The Morgan fingerprint density at radius 2 is 1.90 bits per heavy atom. The summed E-state index contributed by atoms with van der Waals surface area (Å²) in [6.45, 7) is 1.41. The van der Waals surface area contributed by atoms with Crippen LogP contribution in [0.1, 0.15) is 17.7 Å². The molecule has 2 heterocycles. The number of aromatic nitrogens is 7. The van der Waals surface area contributed by atoms with E-state index in [0.29, 0.717) is 6.54 Å². The van der Waals surface area contributed by atoms with E-state index in [4.69, 9.17) is 0 Å². The summed E-state index contributed by atoms with van der Waals surface area (Å²) >= 11 is 0. The predicted octanol–water partition coefficient (Wildman–Crippen LogP) is 0.946. The van der Waals surface area contributed by atoms with E-state index in [-0.39, 0.29) is 0 Å². The average Bonchev–Trinajstić information content (AvgIpc) is 3.13. The first-order chi connectivity index (χ1) is 9.90. The SMILES string of the molecule is c1ccc(CCCn2cc(Cn3cnnn3)nn2)cc1. The third kappa shape index (κ3) is 3.25. The summed E-state index contributed by atoms with van der Waals surface area (Å²) in [4.78, 5) is 0. The molecule has 0 unspecified atom stereocenters. The molecule has 0 aliphatic rings. The molecule has 102 valence electrons. The number of nitrogens with zero attached hydrogens (tertiary/aromatic N) is 7. The van der Waals surface area contributed by atoms with Crippen molar-refractivity contribution in [3.05, 3.63) is 54.1 Å². The molecule has 0 atom stereocenters. The molecule has 0 radical (unpaired) electrons. The van der Waals surface area contributed by atoms with E-state index >= 15 is 0 Å². The molecule has 0 spiro atoms. The number of hydrogen-bond acceptors (Lipinski definition) is 5. The van der Waals surface area contributed by atoms with Crippen molar-refractivity contribution < 1.29 is 0 Å². The number of aryl methyl sites for hydroxylation is 2. The molecule has 7 nitrogen and oxygen atoms in total. The maximum Gasteiger partial charge on any atom is 0.138 e. The molecule has 0 amide bonds. The number of hydrogen-bond donors (Lipinski definition) is 0. The molecular weight excluding hydrogens is 254 g/mol. The van der Waals surface area contributed by atoms with Crippen molar-refractivity contribution in [1.29, 1.82) is 0 Å². The second-order valence-electron chi connectivity index (χ2n) is 4.57. The molecule has 2 aromatic heterocycles. The minimum atomic E-state index is 0.547. The Kier molecular flexibility index (Phi) is 3.77. The fourth-order valence-electron chi connectivity index (χ4n) is 2.03. The average molecular weight is 269 g/mol. The van der Waals surface area contributed by atoms with E-state index in [0.717, 1.165) is 25.1 Å². The van der Waals surface area contributed by atoms with Gasteiger partial charge in [-0.2, -0.15) is 0 Å². The Bertz CT molecular complexity index is 630. The standard InChI is InChI=1S/C13H15N7/c1-2-5-12(6-3-1)7-4-8-19-9-13(15-17-19)10-20-11-14-16-18-20/h1-3,5-6,9,11H,4,7-8,10H2. The van der Waals surface area contributed by atoms with Crippen LogP contribution in [0.4, 0.5) is 0 Å². The molecule has 0 fully saturated rings. The van der Waals surface area contributed by atoms with Crippen molar-refractivity contribution >= 4 is 0 Å². The number of rotatable bonds is 6. The Morgan fingerprint density at radius 3 is 2.70 bits per heavy atom. The molecular formula is C13H15N7. The van der Waals surface area contributed by atoms with Gasteiger partial charge in [-0.15, -0.1) is 10.2 Å². The zero-order valence-corrected chi connectivity index (χ0v) is 11.0. The minimum Gasteiger partial charge on any atom is -0.252 e. The maximum absolute atomic E-state index is 4.11. The lowest BCUT2D eigenvalue weighted by Crippen LogP contribution is -2.01. The molecule has 0 saturated heterocycles. The second-order valence-corrected chi connectivity index (χ2v) is 4.57. The highest BCUT2D eigenvalue weighted by atomic mass is 15.5. The van der Waals surface area contributed by atoms with E-state index in [2.05, 4.69) is 50.1 Å². The van der Waals surface area contributed by atoms with Crippen LogP contribution in [0.15, 0.2) is 42.9 Å². The van der Waals surface area contributed by atoms with Gasteiger partial charge >= 0.3 is 0 Å². The first-order valence-corrected chi connectivity index (χ1v) is 6.54. The molecule has 1 aromatic carbocycles. The van der Waals surface area contributed by atoms with Crippen molar-refractivity contribution in [3.63, 3.8) is 0 Å². The Hall–Kier alpha value is -2.57. The van der Waals surface area contributed by atoms with Crippen LogP contribution in [0.3, 0.4) is 0 Å². The smallest absolute Gasteiger partial charge is 0.138 e. The summed E-state index contributed by atoms with van der Waals surface area (Å²) in [6, 6.07) is 10.4. The monoisotopic (exact) mass is 269 g/mol. The predicted molar refractivity (Wildman–Crippen MR) is 71.7 cm³/mol. The second kappa shape index (κ2) is 6.05. The largest absolute Gasteiger partial charge is 0.252 e. The third-order valence-electron chi connectivity index (χ3n) is 3.00. The van der Waals surface area contributed by atoms with Crippen molar-refractivity contribution in [2.45, 2.75) is 25.9 Å². The summed E-state index contributed by atoms with van der Waals surface area (Å²) in [5, 5.41) is 19.2. The van der Waals surface area contributed by atoms with Crippen LogP contribution in [-0.4, -0.2) is 35.2 Å². The lowest BCUT2D eigenvalue weighted by atomic mass is 10.1. The first-order valence-electron chi connectivity index (χ1n) is 6.54. The molecule has 0 aliphatic carbocycles. The summed E-state index contributed by atoms with van der Waals surface area (Å²) in [5.74, 6) is 0. The van der Waals surface area contributed by atoms with Gasteiger partial charge in [-0.25, -0.2) is 4.68 Å². The van der Waals surface area contributed by atoms with Crippen LogP contribution in [0.2, 0.25) is 0 Å². The minimum absolute atomic E-state index is 0.547. The Balaban J connectivity index is 1.50. The van der Waals surface area contributed by atoms with Crippen LogP contribution >= 0.6 is 0 Å². The van der Waals surface area contributed by atoms with Crippen molar-refractivity contribution in [3.8, 4) is 0 Å². The van der Waals surface area contributed by atoms with Gasteiger partial charge in [0.05, 0.1) is 12.7 Å². The zero-order chi connectivity index (χ0) is 13.6. The van der Waals surface area contributed by atoms with Crippen LogP contribution in [0.25, 0.3) is 0 Å². The molecule has 0 bridgehead atoms. The fourth-order valence-corrected chi connectivity index (χ4v) is 2.03. The summed E-state index contributed by atoms with van der Waals surface area (Å²) in [5.41, 5.74) is 2.21. The Morgan fingerprint density at radius 1 is 1.00 bits per heavy atom.